The van der Waals surface area contributed by atoms with Crippen LogP contribution in [0.4, 0.5) is 0 Å². The molecule has 20 heavy (non-hydrogen) atoms. The standard InChI is InChI=1S/C16H28N2O2/c1-12-16(13(2)18(3)17-12)10-9-14(19)6-4-7-15-8-5-11-20-15/h14-15,19H,4-11H2,1-3H3. The molecule has 0 aliphatic carbocycles. The zero-order chi connectivity index (χ0) is 14.5. The summed E-state index contributed by atoms with van der Waals surface area (Å²) in [6.07, 6.45) is 7.46. The molecule has 0 amide bonds. The molecule has 0 bridgehead atoms. The number of hydrogen-bond donors (Lipinski definition) is 1. The fourth-order valence-corrected chi connectivity index (χ4v) is 3.09. The zero-order valence-electron chi connectivity index (χ0n) is 13.1. The molecule has 1 aliphatic rings. The van der Waals surface area contributed by atoms with Crippen molar-refractivity contribution < 1.29 is 9.84 Å². The molecule has 0 aromatic carbocycles. The Hall–Kier alpha value is -0.870. The second-order valence-electron chi connectivity index (χ2n) is 6.03. The van der Waals surface area contributed by atoms with Gasteiger partial charge in [-0.1, -0.05) is 0 Å². The summed E-state index contributed by atoms with van der Waals surface area (Å²) in [5.41, 5.74) is 3.61. The largest absolute Gasteiger partial charge is 0.393 e. The van der Waals surface area contributed by atoms with E-state index < -0.39 is 0 Å². The summed E-state index contributed by atoms with van der Waals surface area (Å²) in [7, 11) is 1.98. The average Bonchev–Trinajstić information content (AvgIpc) is 2.98. The van der Waals surface area contributed by atoms with Gasteiger partial charge in [0.1, 0.15) is 0 Å². The second kappa shape index (κ2) is 7.23. The van der Waals surface area contributed by atoms with Crippen molar-refractivity contribution in [2.24, 2.45) is 7.05 Å². The minimum Gasteiger partial charge on any atom is -0.393 e. The van der Waals surface area contributed by atoms with E-state index in [1.54, 1.807) is 0 Å². The highest BCUT2D eigenvalue weighted by molar-refractivity contribution is 5.24. The highest BCUT2D eigenvalue weighted by Gasteiger charge is 2.16. The fraction of sp³-hybridized carbons (Fsp3) is 0.812. The van der Waals surface area contributed by atoms with Gasteiger partial charge in [0.15, 0.2) is 0 Å². The van der Waals surface area contributed by atoms with Crippen molar-refractivity contribution in [1.82, 2.24) is 9.78 Å². The van der Waals surface area contributed by atoms with Crippen LogP contribution in [0, 0.1) is 13.8 Å². The molecule has 1 aromatic heterocycles. The van der Waals surface area contributed by atoms with Crippen molar-refractivity contribution in [3.8, 4) is 0 Å². The lowest BCUT2D eigenvalue weighted by Gasteiger charge is -2.13. The van der Waals surface area contributed by atoms with Crippen LogP contribution in [0.2, 0.25) is 0 Å². The molecule has 1 aliphatic heterocycles. The minimum absolute atomic E-state index is 0.199. The maximum Gasteiger partial charge on any atom is 0.0628 e. The van der Waals surface area contributed by atoms with Crippen molar-refractivity contribution in [3.63, 3.8) is 0 Å². The molecule has 1 aromatic rings. The number of aliphatic hydroxyl groups is 1. The van der Waals surface area contributed by atoms with E-state index in [-0.39, 0.29) is 6.10 Å². The van der Waals surface area contributed by atoms with E-state index in [0.717, 1.165) is 44.4 Å². The number of aromatic nitrogens is 2. The zero-order valence-corrected chi connectivity index (χ0v) is 13.1. The Morgan fingerprint density at radius 2 is 2.20 bits per heavy atom. The van der Waals surface area contributed by atoms with Gasteiger partial charge in [-0.05, 0) is 64.4 Å². The number of aliphatic hydroxyl groups excluding tert-OH is 1. The first kappa shape index (κ1) is 15.5. The second-order valence-corrected chi connectivity index (χ2v) is 6.03. The normalized spacial score (nSPS) is 20.5. The minimum atomic E-state index is -0.199. The topological polar surface area (TPSA) is 47.3 Å². The molecule has 1 fully saturated rings. The average molecular weight is 280 g/mol. The lowest BCUT2D eigenvalue weighted by atomic mass is 10.0. The van der Waals surface area contributed by atoms with Crippen LogP contribution >= 0.6 is 0 Å². The van der Waals surface area contributed by atoms with Gasteiger partial charge in [-0.25, -0.2) is 0 Å². The molecule has 1 saturated heterocycles. The van der Waals surface area contributed by atoms with E-state index in [1.807, 2.05) is 18.7 Å². The molecule has 114 valence electrons. The monoisotopic (exact) mass is 280 g/mol. The van der Waals surface area contributed by atoms with E-state index >= 15 is 0 Å². The third-order valence-corrected chi connectivity index (χ3v) is 4.47. The van der Waals surface area contributed by atoms with Gasteiger partial charge in [0, 0.05) is 19.3 Å². The molecule has 0 radical (unpaired) electrons. The third-order valence-electron chi connectivity index (χ3n) is 4.47. The van der Waals surface area contributed by atoms with Crippen molar-refractivity contribution >= 4 is 0 Å². The number of aryl methyl sites for hydroxylation is 2. The van der Waals surface area contributed by atoms with Crippen LogP contribution in [-0.4, -0.2) is 33.7 Å². The maximum absolute atomic E-state index is 10.1. The van der Waals surface area contributed by atoms with Crippen molar-refractivity contribution in [3.05, 3.63) is 17.0 Å². The Labute approximate surface area is 122 Å². The van der Waals surface area contributed by atoms with E-state index in [1.165, 1.54) is 24.1 Å². The maximum atomic E-state index is 10.1. The van der Waals surface area contributed by atoms with E-state index in [2.05, 4.69) is 12.0 Å². The van der Waals surface area contributed by atoms with Gasteiger partial charge >= 0.3 is 0 Å². The predicted octanol–water partition coefficient (Wildman–Crippen LogP) is 2.68. The van der Waals surface area contributed by atoms with Crippen LogP contribution in [0.1, 0.15) is 55.5 Å². The lowest BCUT2D eigenvalue weighted by Crippen LogP contribution is -2.11. The first-order chi connectivity index (χ1) is 9.58. The van der Waals surface area contributed by atoms with Gasteiger partial charge in [0.25, 0.3) is 0 Å². The first-order valence-electron chi connectivity index (χ1n) is 7.86. The van der Waals surface area contributed by atoms with E-state index in [0.29, 0.717) is 6.10 Å². The summed E-state index contributed by atoms with van der Waals surface area (Å²) >= 11 is 0. The number of ether oxygens (including phenoxy) is 1. The number of hydrogen-bond acceptors (Lipinski definition) is 3. The highest BCUT2D eigenvalue weighted by atomic mass is 16.5. The number of nitrogens with zero attached hydrogens (tertiary/aromatic N) is 2. The van der Waals surface area contributed by atoms with Gasteiger partial charge in [0.2, 0.25) is 0 Å². The highest BCUT2D eigenvalue weighted by Crippen LogP contribution is 2.20. The third kappa shape index (κ3) is 4.06. The van der Waals surface area contributed by atoms with Crippen molar-refractivity contribution in [2.75, 3.05) is 6.61 Å². The molecule has 2 rings (SSSR count). The quantitative estimate of drug-likeness (QED) is 0.835. The van der Waals surface area contributed by atoms with Crippen LogP contribution in [-0.2, 0) is 18.2 Å². The van der Waals surface area contributed by atoms with Crippen LogP contribution < -0.4 is 0 Å². The summed E-state index contributed by atoms with van der Waals surface area (Å²) in [6, 6.07) is 0. The van der Waals surface area contributed by atoms with Crippen LogP contribution in [0.5, 0.6) is 0 Å². The first-order valence-corrected chi connectivity index (χ1v) is 7.86. The molecule has 1 N–H and O–H groups in total. The number of rotatable bonds is 7. The van der Waals surface area contributed by atoms with E-state index in [4.69, 9.17) is 4.74 Å². The molecule has 0 spiro atoms. The molecular weight excluding hydrogens is 252 g/mol. The molecule has 2 unspecified atom stereocenters. The molecular formula is C16H28N2O2. The summed E-state index contributed by atoms with van der Waals surface area (Å²) in [5, 5.41) is 14.5. The molecule has 4 heteroatoms. The summed E-state index contributed by atoms with van der Waals surface area (Å²) in [5.74, 6) is 0. The molecule has 2 heterocycles. The molecule has 2 atom stereocenters. The summed E-state index contributed by atoms with van der Waals surface area (Å²) in [6.45, 7) is 5.07. The Morgan fingerprint density at radius 3 is 2.80 bits per heavy atom. The Balaban J connectivity index is 1.67. The predicted molar refractivity (Wildman–Crippen MR) is 79.8 cm³/mol. The lowest BCUT2D eigenvalue weighted by molar-refractivity contribution is 0.0933. The van der Waals surface area contributed by atoms with Gasteiger partial charge in [-0.3, -0.25) is 4.68 Å². The van der Waals surface area contributed by atoms with Crippen LogP contribution in [0.3, 0.4) is 0 Å². The fourth-order valence-electron chi connectivity index (χ4n) is 3.09. The Morgan fingerprint density at radius 1 is 1.40 bits per heavy atom. The summed E-state index contributed by atoms with van der Waals surface area (Å²) < 4.78 is 7.53. The van der Waals surface area contributed by atoms with Crippen molar-refractivity contribution in [1.29, 1.82) is 0 Å². The smallest absolute Gasteiger partial charge is 0.0628 e. The van der Waals surface area contributed by atoms with Gasteiger partial charge in [-0.15, -0.1) is 0 Å². The van der Waals surface area contributed by atoms with Crippen molar-refractivity contribution in [2.45, 2.75) is 71.0 Å². The molecule has 4 nitrogen and oxygen atoms in total. The van der Waals surface area contributed by atoms with Gasteiger partial charge < -0.3 is 9.84 Å². The Kier molecular flexibility index (Phi) is 5.61. The SMILES string of the molecule is Cc1nn(C)c(C)c1CCC(O)CCCC1CCCO1. The molecule has 0 saturated carbocycles. The van der Waals surface area contributed by atoms with Crippen LogP contribution in [0.15, 0.2) is 0 Å². The Bertz CT molecular complexity index is 422. The van der Waals surface area contributed by atoms with E-state index in [9.17, 15) is 5.11 Å². The van der Waals surface area contributed by atoms with Crippen LogP contribution in [0.25, 0.3) is 0 Å². The summed E-state index contributed by atoms with van der Waals surface area (Å²) in [4.78, 5) is 0. The van der Waals surface area contributed by atoms with Gasteiger partial charge in [-0.2, -0.15) is 5.10 Å². The van der Waals surface area contributed by atoms with Gasteiger partial charge in [0.05, 0.1) is 17.9 Å².